The third-order valence-electron chi connectivity index (χ3n) is 1.80. The van der Waals surface area contributed by atoms with E-state index >= 15 is 0 Å². The molecule has 100 valence electrons. The van der Waals surface area contributed by atoms with Gasteiger partial charge in [-0.2, -0.15) is 0 Å². The lowest BCUT2D eigenvalue weighted by atomic mass is 10.3. The van der Waals surface area contributed by atoms with Crippen molar-refractivity contribution in [1.29, 1.82) is 0 Å². The minimum atomic E-state index is -0.916. The monoisotopic (exact) mass is 492 g/mol. The van der Waals surface area contributed by atoms with Crippen molar-refractivity contribution >= 4 is 108 Å². The minimum absolute atomic E-state index is 0.0859. The van der Waals surface area contributed by atoms with Crippen LogP contribution in [0.4, 0.5) is 0 Å². The van der Waals surface area contributed by atoms with E-state index in [1.165, 1.54) is 0 Å². The van der Waals surface area contributed by atoms with Crippen molar-refractivity contribution in [2.45, 2.75) is 8.55 Å². The van der Waals surface area contributed by atoms with Gasteiger partial charge in [0.15, 0.2) is 0 Å². The fraction of sp³-hybridized carbons (Fsp3) is 0.222. The van der Waals surface area contributed by atoms with Crippen LogP contribution in [-0.4, -0.2) is 15.3 Å². The van der Waals surface area contributed by atoms with E-state index < -0.39 is 3.66 Å². The van der Waals surface area contributed by atoms with Gasteiger partial charge in [-0.05, 0) is 0 Å². The highest BCUT2D eigenvalue weighted by Crippen LogP contribution is 2.51. The van der Waals surface area contributed by atoms with Crippen LogP contribution in [-0.2, 0) is 4.79 Å². The zero-order valence-corrected chi connectivity index (χ0v) is 16.0. The third kappa shape index (κ3) is 3.64. The van der Waals surface area contributed by atoms with Crippen LogP contribution in [0.15, 0.2) is 4.90 Å². The van der Waals surface area contributed by atoms with Crippen molar-refractivity contribution in [3.63, 3.8) is 0 Å². The molecule has 0 N–H and O–H groups in total. The van der Waals surface area contributed by atoms with Crippen molar-refractivity contribution in [3.8, 4) is 0 Å². The van der Waals surface area contributed by atoms with Crippen LogP contribution in [0.3, 0.4) is 0 Å². The summed E-state index contributed by atoms with van der Waals surface area (Å²) in [5.74, 6) is 0. The van der Waals surface area contributed by atoms with Gasteiger partial charge in [-0.15, -0.1) is 0 Å². The fourth-order valence-corrected chi connectivity index (χ4v) is 4.20. The van der Waals surface area contributed by atoms with Crippen LogP contribution in [0.25, 0.3) is 0 Å². The Morgan fingerprint density at radius 1 is 1.00 bits per heavy atom. The van der Waals surface area contributed by atoms with Gasteiger partial charge in [0.2, 0.25) is 0 Å². The van der Waals surface area contributed by atoms with E-state index in [0.717, 1.165) is 18.0 Å². The zero-order chi connectivity index (χ0) is 14.1. The number of rotatable bonds is 4. The molecule has 1 rings (SSSR count). The number of alkyl halides is 2. The normalized spacial score (nSPS) is 14.4. The summed E-state index contributed by atoms with van der Waals surface area (Å²) in [5.41, 5.74) is 0. The maximum absolute atomic E-state index is 11.0. The van der Waals surface area contributed by atoms with Gasteiger partial charge in [0.25, 0.3) is 0 Å². The largest absolute Gasteiger partial charge is 0.301 e. The van der Waals surface area contributed by atoms with E-state index in [-0.39, 0.29) is 25.1 Å². The molecule has 0 amide bonds. The van der Waals surface area contributed by atoms with Gasteiger partial charge >= 0.3 is 0 Å². The Hall–Kier alpha value is 1.65. The summed E-state index contributed by atoms with van der Waals surface area (Å²) in [7, 11) is 0. The smallest absolute Gasteiger partial charge is 0.147 e. The number of hydrogen-bond acceptors (Lipinski definition) is 2. The molecule has 0 aromatic heterocycles. The van der Waals surface area contributed by atoms with Gasteiger partial charge in [0.05, 0.1) is 25.1 Å². The van der Waals surface area contributed by atoms with Gasteiger partial charge in [-0.3, -0.25) is 0 Å². The van der Waals surface area contributed by atoms with Crippen LogP contribution >= 0.6 is 102 Å². The number of carbonyl (C=O) groups is 1. The van der Waals surface area contributed by atoms with Crippen LogP contribution < -0.4 is 0 Å². The highest BCUT2D eigenvalue weighted by atomic mass is 79.9. The van der Waals surface area contributed by atoms with Crippen LogP contribution in [0, 0.1) is 0 Å². The average molecular weight is 496 g/mol. The predicted molar refractivity (Wildman–Crippen MR) is 88.9 cm³/mol. The second-order valence-electron chi connectivity index (χ2n) is 3.04. The van der Waals surface area contributed by atoms with Gasteiger partial charge in [-0.1, -0.05) is 102 Å². The molecule has 0 spiro atoms. The first kappa shape index (κ1) is 17.7. The Bertz CT molecular complexity index is 469. The van der Waals surface area contributed by atoms with E-state index in [4.69, 9.17) is 58.0 Å². The summed E-state index contributed by atoms with van der Waals surface area (Å²) in [6.07, 6.45) is 0.718. The molecule has 0 aliphatic carbocycles. The molecular weight excluding hydrogens is 493 g/mol. The number of aldehydes is 1. The number of carbonyl (C=O) groups excluding carboxylic acids is 1. The molecule has 0 saturated carbocycles. The van der Waals surface area contributed by atoms with E-state index in [0.29, 0.717) is 10.2 Å². The summed E-state index contributed by atoms with van der Waals surface area (Å²) >= 11 is 37.4. The predicted octanol–water partition coefficient (Wildman–Crippen LogP) is 6.73. The zero-order valence-electron chi connectivity index (χ0n) is 8.25. The molecule has 9 heteroatoms. The first-order chi connectivity index (χ1) is 8.27. The molecular formula is C9H3Br2Cl5OS. The van der Waals surface area contributed by atoms with Crippen LogP contribution in [0.5, 0.6) is 0 Å². The maximum atomic E-state index is 11.0. The van der Waals surface area contributed by atoms with Crippen molar-refractivity contribution in [1.82, 2.24) is 0 Å². The second-order valence-corrected chi connectivity index (χ2v) is 8.77. The van der Waals surface area contributed by atoms with E-state index in [2.05, 4.69) is 31.9 Å². The first-order valence-corrected chi connectivity index (χ1v) is 8.81. The quantitative estimate of drug-likeness (QED) is 0.151. The van der Waals surface area contributed by atoms with Gasteiger partial charge in [0.1, 0.15) is 9.94 Å². The Morgan fingerprint density at radius 2 is 1.39 bits per heavy atom. The lowest BCUT2D eigenvalue weighted by molar-refractivity contribution is -0.107. The van der Waals surface area contributed by atoms with Crippen molar-refractivity contribution in [2.24, 2.45) is 0 Å². The van der Waals surface area contributed by atoms with E-state index in [1.54, 1.807) is 0 Å². The molecule has 0 aliphatic rings. The molecule has 1 aromatic carbocycles. The molecule has 1 unspecified atom stereocenters. The average Bonchev–Trinajstić information content (AvgIpc) is 2.39. The number of thioether (sulfide) groups is 1. The molecule has 0 fully saturated rings. The molecule has 0 heterocycles. The molecule has 0 aliphatic heterocycles. The summed E-state index contributed by atoms with van der Waals surface area (Å²) in [4.78, 5) is 11.4. The summed E-state index contributed by atoms with van der Waals surface area (Å²) in [5, 5.41) is 0.956. The Morgan fingerprint density at radius 3 is 1.72 bits per heavy atom. The van der Waals surface area contributed by atoms with Crippen molar-refractivity contribution in [2.75, 3.05) is 5.33 Å². The summed E-state index contributed by atoms with van der Waals surface area (Å²) in [6.45, 7) is 0. The van der Waals surface area contributed by atoms with Crippen LogP contribution in [0.2, 0.25) is 25.1 Å². The van der Waals surface area contributed by atoms with E-state index in [9.17, 15) is 4.79 Å². The third-order valence-corrected chi connectivity index (χ3v) is 8.45. The molecule has 1 atom stereocenters. The van der Waals surface area contributed by atoms with Crippen molar-refractivity contribution in [3.05, 3.63) is 25.1 Å². The lowest BCUT2D eigenvalue weighted by Crippen LogP contribution is -2.19. The van der Waals surface area contributed by atoms with Gasteiger partial charge < -0.3 is 4.79 Å². The SMILES string of the molecule is O=CC(Br)(CBr)Sc1c(Cl)c(Cl)c(Cl)c(Cl)c1Cl. The molecule has 1 nitrogen and oxygen atoms in total. The molecule has 0 saturated heterocycles. The molecule has 0 bridgehead atoms. The molecule has 0 radical (unpaired) electrons. The van der Waals surface area contributed by atoms with E-state index in [1.807, 2.05) is 0 Å². The summed E-state index contributed by atoms with van der Waals surface area (Å²) < 4.78 is -0.916. The Labute approximate surface area is 150 Å². The maximum Gasteiger partial charge on any atom is 0.147 e. The summed E-state index contributed by atoms with van der Waals surface area (Å²) in [6, 6.07) is 0. The molecule has 1 aromatic rings. The number of halogens is 7. The Balaban J connectivity index is 3.38. The minimum Gasteiger partial charge on any atom is -0.301 e. The van der Waals surface area contributed by atoms with Crippen LogP contribution in [0.1, 0.15) is 0 Å². The lowest BCUT2D eigenvalue weighted by Gasteiger charge is -2.20. The first-order valence-electron chi connectivity index (χ1n) is 4.19. The van der Waals surface area contributed by atoms with Crippen molar-refractivity contribution < 1.29 is 4.79 Å². The highest BCUT2D eigenvalue weighted by molar-refractivity contribution is 9.14. The second kappa shape index (κ2) is 7.08. The van der Waals surface area contributed by atoms with Gasteiger partial charge in [-0.25, -0.2) is 0 Å². The topological polar surface area (TPSA) is 17.1 Å². The standard InChI is InChI=1S/C9H3Br2Cl5OS/c10-1-9(11,2-17)18-8-6(15)4(13)3(12)5(14)7(8)16/h2H,1H2. The highest BCUT2D eigenvalue weighted by Gasteiger charge is 2.30. The Kier molecular flexibility index (Phi) is 6.96. The molecule has 18 heavy (non-hydrogen) atoms. The number of hydrogen-bond donors (Lipinski definition) is 0. The fourth-order valence-electron chi connectivity index (χ4n) is 0.927. The van der Waals surface area contributed by atoms with Gasteiger partial charge in [0, 0.05) is 10.2 Å². The number of benzene rings is 1.